The smallest absolute Gasteiger partial charge is 0.299 e. The van der Waals surface area contributed by atoms with Crippen LogP contribution < -0.4 is 11.1 Å². The molecule has 4 rings (SSSR count). The molecule has 31 heavy (non-hydrogen) atoms. The lowest BCUT2D eigenvalue weighted by atomic mass is 10.1. The number of rotatable bonds is 7. The molecule has 2 heterocycles. The van der Waals surface area contributed by atoms with Crippen molar-refractivity contribution in [2.24, 2.45) is 5.73 Å². The van der Waals surface area contributed by atoms with Crippen molar-refractivity contribution in [2.75, 3.05) is 18.9 Å². The van der Waals surface area contributed by atoms with Crippen LogP contribution >= 0.6 is 0 Å². The van der Waals surface area contributed by atoms with Gasteiger partial charge in [-0.25, -0.2) is 9.97 Å². The van der Waals surface area contributed by atoms with Crippen molar-refractivity contribution in [3.8, 4) is 22.8 Å². The van der Waals surface area contributed by atoms with Crippen LogP contribution in [0.4, 0.5) is 11.7 Å². The summed E-state index contributed by atoms with van der Waals surface area (Å²) in [5.41, 5.74) is 8.98. The van der Waals surface area contributed by atoms with Gasteiger partial charge >= 0.3 is 0 Å². The number of carbonyl (C=O) groups excluding carboxylic acids is 1. The number of nitrogens with zero attached hydrogens (tertiary/aromatic N) is 3. The fourth-order valence-corrected chi connectivity index (χ4v) is 3.16. The normalized spacial score (nSPS) is 10.8. The second kappa shape index (κ2) is 8.85. The Kier molecular flexibility index (Phi) is 5.81. The Hall–Kier alpha value is -3.91. The molecule has 0 aliphatic heterocycles. The third kappa shape index (κ3) is 4.65. The molecule has 1 amide bonds. The quantitative estimate of drug-likeness (QED) is 0.468. The topological polar surface area (TPSA) is 110 Å². The monoisotopic (exact) mass is 417 g/mol. The van der Waals surface area contributed by atoms with Gasteiger partial charge in [0.25, 0.3) is 6.01 Å². The zero-order valence-electron chi connectivity index (χ0n) is 17.3. The first-order valence-electron chi connectivity index (χ1n) is 9.81. The molecule has 0 radical (unpaired) electrons. The molecule has 8 nitrogen and oxygen atoms in total. The molecule has 4 aromatic rings. The van der Waals surface area contributed by atoms with Gasteiger partial charge in [-0.15, -0.1) is 0 Å². The van der Waals surface area contributed by atoms with Gasteiger partial charge in [0.15, 0.2) is 5.76 Å². The van der Waals surface area contributed by atoms with E-state index in [2.05, 4.69) is 15.3 Å². The molecule has 0 spiro atoms. The van der Waals surface area contributed by atoms with Gasteiger partial charge in [0.1, 0.15) is 5.76 Å². The van der Waals surface area contributed by atoms with Gasteiger partial charge < -0.3 is 24.8 Å². The molecular formula is C23H23N5O3. The summed E-state index contributed by atoms with van der Waals surface area (Å²) in [7, 11) is 1.72. The highest BCUT2D eigenvalue weighted by molar-refractivity contribution is 5.78. The SMILES string of the molecule is Cc1cnc(-c2ccc(Nc3ncc(-c4ccccc4CN(C)C(=O)CN)o3)cc2)o1. The van der Waals surface area contributed by atoms with Crippen molar-refractivity contribution in [1.29, 1.82) is 0 Å². The van der Waals surface area contributed by atoms with Crippen molar-refractivity contribution >= 4 is 17.6 Å². The summed E-state index contributed by atoms with van der Waals surface area (Å²) in [6.45, 7) is 2.26. The molecule has 0 aliphatic rings. The molecule has 0 aliphatic carbocycles. The standard InChI is InChI=1S/C23H23N5O3/c1-15-12-25-22(30-15)16-7-9-18(10-8-16)27-23-26-13-20(31-23)19-6-4-3-5-17(19)14-28(2)21(29)11-24/h3-10,12-13H,11,14,24H2,1-2H3,(H,26,27). The average molecular weight is 417 g/mol. The van der Waals surface area contributed by atoms with Crippen molar-refractivity contribution in [3.63, 3.8) is 0 Å². The molecule has 3 N–H and O–H groups in total. The summed E-state index contributed by atoms with van der Waals surface area (Å²) in [5, 5.41) is 3.16. The summed E-state index contributed by atoms with van der Waals surface area (Å²) >= 11 is 0. The van der Waals surface area contributed by atoms with Gasteiger partial charge in [-0.05, 0) is 36.8 Å². The summed E-state index contributed by atoms with van der Waals surface area (Å²) in [6, 6.07) is 15.7. The highest BCUT2D eigenvalue weighted by atomic mass is 16.4. The minimum Gasteiger partial charge on any atom is -0.441 e. The highest BCUT2D eigenvalue weighted by Crippen LogP contribution is 2.29. The summed E-state index contributed by atoms with van der Waals surface area (Å²) in [6.07, 6.45) is 3.35. The predicted molar refractivity (Wildman–Crippen MR) is 117 cm³/mol. The van der Waals surface area contributed by atoms with Crippen LogP contribution in [0, 0.1) is 6.92 Å². The van der Waals surface area contributed by atoms with E-state index in [0.29, 0.717) is 24.2 Å². The Morgan fingerprint density at radius 3 is 2.55 bits per heavy atom. The number of hydrogen-bond donors (Lipinski definition) is 2. The van der Waals surface area contributed by atoms with Gasteiger partial charge in [0.05, 0.1) is 18.9 Å². The third-order valence-electron chi connectivity index (χ3n) is 4.80. The highest BCUT2D eigenvalue weighted by Gasteiger charge is 2.14. The number of oxazole rings is 2. The molecule has 0 bridgehead atoms. The number of nitrogens with one attached hydrogen (secondary N) is 1. The van der Waals surface area contributed by atoms with Gasteiger partial charge in [-0.3, -0.25) is 4.79 Å². The van der Waals surface area contributed by atoms with E-state index in [-0.39, 0.29) is 12.5 Å². The largest absolute Gasteiger partial charge is 0.441 e. The number of benzene rings is 2. The van der Waals surface area contributed by atoms with E-state index in [4.69, 9.17) is 14.6 Å². The Morgan fingerprint density at radius 2 is 1.84 bits per heavy atom. The van der Waals surface area contributed by atoms with E-state index in [9.17, 15) is 4.79 Å². The van der Waals surface area contributed by atoms with E-state index in [1.54, 1.807) is 24.3 Å². The maximum atomic E-state index is 11.8. The van der Waals surface area contributed by atoms with Crippen LogP contribution in [0.1, 0.15) is 11.3 Å². The van der Waals surface area contributed by atoms with Crippen molar-refractivity contribution < 1.29 is 13.6 Å². The number of hydrogen-bond acceptors (Lipinski definition) is 7. The first-order valence-corrected chi connectivity index (χ1v) is 9.81. The van der Waals surface area contributed by atoms with E-state index in [0.717, 1.165) is 28.1 Å². The molecule has 158 valence electrons. The van der Waals surface area contributed by atoms with E-state index >= 15 is 0 Å². The van der Waals surface area contributed by atoms with Crippen LogP contribution in [0.5, 0.6) is 0 Å². The number of nitrogens with two attached hydrogens (primary N) is 1. The lowest BCUT2D eigenvalue weighted by Crippen LogP contribution is -2.32. The first kappa shape index (κ1) is 20.4. The fraction of sp³-hybridized carbons (Fsp3) is 0.174. The Labute approximate surface area is 179 Å². The number of aryl methyl sites for hydroxylation is 1. The fourth-order valence-electron chi connectivity index (χ4n) is 3.16. The van der Waals surface area contributed by atoms with Crippen molar-refractivity contribution in [1.82, 2.24) is 14.9 Å². The molecule has 0 fully saturated rings. The second-order valence-electron chi connectivity index (χ2n) is 7.12. The summed E-state index contributed by atoms with van der Waals surface area (Å²) in [5.74, 6) is 1.83. The van der Waals surface area contributed by atoms with E-state index < -0.39 is 0 Å². The van der Waals surface area contributed by atoms with Crippen molar-refractivity contribution in [2.45, 2.75) is 13.5 Å². The summed E-state index contributed by atoms with van der Waals surface area (Å²) < 4.78 is 11.5. The molecule has 0 atom stereocenters. The van der Waals surface area contributed by atoms with Crippen LogP contribution in [0.15, 0.2) is 69.8 Å². The van der Waals surface area contributed by atoms with Crippen molar-refractivity contribution in [3.05, 3.63) is 72.2 Å². The number of carbonyl (C=O) groups is 1. The second-order valence-corrected chi connectivity index (χ2v) is 7.12. The average Bonchev–Trinajstić information content (AvgIpc) is 3.43. The van der Waals surface area contributed by atoms with Gasteiger partial charge in [-0.2, -0.15) is 0 Å². The third-order valence-corrected chi connectivity index (χ3v) is 4.80. The van der Waals surface area contributed by atoms with Gasteiger partial charge in [0.2, 0.25) is 11.8 Å². The molecule has 2 aromatic heterocycles. The van der Waals surface area contributed by atoms with Gasteiger partial charge in [-0.1, -0.05) is 24.3 Å². The van der Waals surface area contributed by atoms with E-state index in [1.807, 2.05) is 55.5 Å². The number of aromatic nitrogens is 2. The van der Waals surface area contributed by atoms with Crippen LogP contribution in [0.25, 0.3) is 22.8 Å². The molecular weight excluding hydrogens is 394 g/mol. The molecule has 8 heteroatoms. The summed E-state index contributed by atoms with van der Waals surface area (Å²) in [4.78, 5) is 22.0. The Balaban J connectivity index is 1.49. The van der Waals surface area contributed by atoms with Crippen LogP contribution in [-0.2, 0) is 11.3 Å². The number of amides is 1. The maximum absolute atomic E-state index is 11.8. The lowest BCUT2D eigenvalue weighted by molar-refractivity contribution is -0.128. The number of likely N-dealkylation sites (N-methyl/N-ethyl adjacent to an activating group) is 1. The van der Waals surface area contributed by atoms with Crippen LogP contribution in [0.2, 0.25) is 0 Å². The molecule has 0 unspecified atom stereocenters. The Bertz CT molecular complexity index is 1180. The van der Waals surface area contributed by atoms with E-state index in [1.165, 1.54) is 0 Å². The van der Waals surface area contributed by atoms with Gasteiger partial charge in [0, 0.05) is 30.4 Å². The minimum absolute atomic E-state index is 0.0244. The number of anilines is 2. The zero-order valence-corrected chi connectivity index (χ0v) is 17.3. The zero-order chi connectivity index (χ0) is 21.8. The lowest BCUT2D eigenvalue weighted by Gasteiger charge is -2.17. The maximum Gasteiger partial charge on any atom is 0.299 e. The van der Waals surface area contributed by atoms with Crippen LogP contribution in [0.3, 0.4) is 0 Å². The molecule has 2 aromatic carbocycles. The Morgan fingerprint density at radius 1 is 1.06 bits per heavy atom. The molecule has 0 saturated heterocycles. The minimum atomic E-state index is -0.127. The van der Waals surface area contributed by atoms with Crippen LogP contribution in [-0.4, -0.2) is 34.4 Å². The first-order chi connectivity index (χ1) is 15.0. The predicted octanol–water partition coefficient (Wildman–Crippen LogP) is 3.97. The molecule has 0 saturated carbocycles.